The zero-order valence-corrected chi connectivity index (χ0v) is 17.2. The SMILES string of the molecule is CC(C)(NC(=O)c1ccc(Cl)cc1)C(=O)C[C@@H](Cc1ccc(Cl)cc1)B(O)O. The average Bonchev–Trinajstić information content (AvgIpc) is 2.62. The van der Waals surface area contributed by atoms with Crippen molar-refractivity contribution in [3.63, 3.8) is 0 Å². The lowest BCUT2D eigenvalue weighted by Crippen LogP contribution is -2.50. The lowest BCUT2D eigenvalue weighted by atomic mass is 9.66. The third-order valence-electron chi connectivity index (χ3n) is 4.51. The van der Waals surface area contributed by atoms with Gasteiger partial charge >= 0.3 is 7.12 Å². The number of halogens is 2. The molecular formula is C20H22BCl2NO4. The third-order valence-corrected chi connectivity index (χ3v) is 5.01. The van der Waals surface area contributed by atoms with Crippen molar-refractivity contribution in [2.45, 2.75) is 38.0 Å². The van der Waals surface area contributed by atoms with Gasteiger partial charge in [0, 0.05) is 27.8 Å². The van der Waals surface area contributed by atoms with Crippen LogP contribution in [0.3, 0.4) is 0 Å². The highest BCUT2D eigenvalue weighted by molar-refractivity contribution is 6.43. The number of Topliss-reactive ketones (excluding diaryl/α,β-unsaturated/α-hetero) is 1. The van der Waals surface area contributed by atoms with Crippen molar-refractivity contribution in [3.8, 4) is 0 Å². The van der Waals surface area contributed by atoms with Crippen molar-refractivity contribution in [1.82, 2.24) is 5.32 Å². The van der Waals surface area contributed by atoms with Gasteiger partial charge in [0.2, 0.25) is 0 Å². The first-order chi connectivity index (χ1) is 13.1. The standard InChI is InChI=1S/C20H22BCl2NO4/c1-20(2,24-19(26)14-5-9-17(23)10-6-14)18(25)12-15(21(27)28)11-13-3-7-16(22)8-4-13/h3-10,15,27-28H,11-12H2,1-2H3,(H,24,26)/t15-/m1/s1. The largest absolute Gasteiger partial charge is 0.455 e. The van der Waals surface area contributed by atoms with Crippen LogP contribution in [0.4, 0.5) is 0 Å². The van der Waals surface area contributed by atoms with E-state index in [2.05, 4.69) is 5.32 Å². The molecule has 28 heavy (non-hydrogen) atoms. The summed E-state index contributed by atoms with van der Waals surface area (Å²) < 4.78 is 0. The van der Waals surface area contributed by atoms with E-state index < -0.39 is 24.4 Å². The van der Waals surface area contributed by atoms with E-state index in [1.165, 1.54) is 0 Å². The van der Waals surface area contributed by atoms with Crippen LogP contribution in [0.25, 0.3) is 0 Å². The van der Waals surface area contributed by atoms with Crippen molar-refractivity contribution in [2.75, 3.05) is 0 Å². The van der Waals surface area contributed by atoms with E-state index in [-0.39, 0.29) is 12.2 Å². The van der Waals surface area contributed by atoms with Crippen LogP contribution in [0, 0.1) is 0 Å². The number of hydrogen-bond donors (Lipinski definition) is 3. The molecule has 0 radical (unpaired) electrons. The van der Waals surface area contributed by atoms with Crippen LogP contribution < -0.4 is 5.32 Å². The predicted octanol–water partition coefficient (Wildman–Crippen LogP) is 3.55. The number of hydrogen-bond acceptors (Lipinski definition) is 4. The van der Waals surface area contributed by atoms with E-state index in [1.54, 1.807) is 62.4 Å². The number of benzene rings is 2. The van der Waals surface area contributed by atoms with Gasteiger partial charge in [0.1, 0.15) is 0 Å². The van der Waals surface area contributed by atoms with Crippen LogP contribution in [0.2, 0.25) is 15.9 Å². The van der Waals surface area contributed by atoms with Gasteiger partial charge in [-0.25, -0.2) is 0 Å². The normalized spacial score (nSPS) is 12.4. The first kappa shape index (κ1) is 22.4. The van der Waals surface area contributed by atoms with Crippen LogP contribution >= 0.6 is 23.2 Å². The summed E-state index contributed by atoms with van der Waals surface area (Å²) in [4.78, 5) is 25.2. The fourth-order valence-electron chi connectivity index (χ4n) is 2.73. The number of ketones is 1. The first-order valence-corrected chi connectivity index (χ1v) is 9.56. The van der Waals surface area contributed by atoms with Crippen molar-refractivity contribution < 1.29 is 19.6 Å². The minimum absolute atomic E-state index is 0.103. The van der Waals surface area contributed by atoms with Gasteiger partial charge in [0.15, 0.2) is 5.78 Å². The Balaban J connectivity index is 2.04. The Morgan fingerprint density at radius 3 is 2.00 bits per heavy atom. The quantitative estimate of drug-likeness (QED) is 0.569. The number of carbonyl (C=O) groups is 2. The molecule has 5 nitrogen and oxygen atoms in total. The number of amides is 1. The van der Waals surface area contributed by atoms with E-state index in [1.807, 2.05) is 0 Å². The summed E-state index contributed by atoms with van der Waals surface area (Å²) in [5.41, 5.74) is 0.0348. The summed E-state index contributed by atoms with van der Waals surface area (Å²) >= 11 is 11.7. The van der Waals surface area contributed by atoms with Gasteiger partial charge in [-0.2, -0.15) is 0 Å². The van der Waals surface area contributed by atoms with Gasteiger partial charge in [-0.05, 0) is 62.2 Å². The molecule has 2 rings (SSSR count). The lowest BCUT2D eigenvalue weighted by molar-refractivity contribution is -0.124. The summed E-state index contributed by atoms with van der Waals surface area (Å²) in [7, 11) is -1.66. The molecular weight excluding hydrogens is 400 g/mol. The van der Waals surface area contributed by atoms with E-state index in [0.29, 0.717) is 22.0 Å². The summed E-state index contributed by atoms with van der Waals surface area (Å²) in [6, 6.07) is 13.3. The van der Waals surface area contributed by atoms with E-state index in [9.17, 15) is 19.6 Å². The van der Waals surface area contributed by atoms with E-state index >= 15 is 0 Å². The Kier molecular flexibility index (Phi) is 7.66. The molecule has 1 amide bonds. The molecule has 2 aromatic rings. The zero-order chi connectivity index (χ0) is 20.9. The molecule has 0 aromatic heterocycles. The molecule has 0 aliphatic heterocycles. The van der Waals surface area contributed by atoms with Crippen LogP contribution in [-0.2, 0) is 11.2 Å². The molecule has 0 aliphatic rings. The molecule has 0 bridgehead atoms. The zero-order valence-electron chi connectivity index (χ0n) is 15.7. The fraction of sp³-hybridized carbons (Fsp3) is 0.300. The number of rotatable bonds is 8. The predicted molar refractivity (Wildman–Crippen MR) is 112 cm³/mol. The molecule has 3 N–H and O–H groups in total. The fourth-order valence-corrected chi connectivity index (χ4v) is 2.98. The minimum Gasteiger partial charge on any atom is -0.427 e. The Labute approximate surface area is 174 Å². The molecule has 8 heteroatoms. The summed E-state index contributed by atoms with van der Waals surface area (Å²) in [5.74, 6) is -1.42. The third kappa shape index (κ3) is 6.35. The lowest BCUT2D eigenvalue weighted by Gasteiger charge is -2.27. The van der Waals surface area contributed by atoms with Crippen molar-refractivity contribution in [1.29, 1.82) is 0 Å². The van der Waals surface area contributed by atoms with E-state index in [4.69, 9.17) is 23.2 Å². The summed E-state index contributed by atoms with van der Waals surface area (Å²) in [5, 5.41) is 23.2. The first-order valence-electron chi connectivity index (χ1n) is 8.80. The molecule has 0 saturated carbocycles. The minimum atomic E-state index is -1.66. The summed E-state index contributed by atoms with van der Waals surface area (Å²) in [6.45, 7) is 3.18. The molecule has 2 aromatic carbocycles. The van der Waals surface area contributed by atoms with Crippen molar-refractivity contribution in [2.24, 2.45) is 0 Å². The molecule has 0 aliphatic carbocycles. The van der Waals surface area contributed by atoms with Crippen LogP contribution in [-0.4, -0.2) is 34.4 Å². The maximum atomic E-state index is 12.8. The molecule has 148 valence electrons. The number of carbonyl (C=O) groups excluding carboxylic acids is 2. The van der Waals surface area contributed by atoms with Gasteiger partial charge < -0.3 is 15.4 Å². The highest BCUT2D eigenvalue weighted by Crippen LogP contribution is 2.24. The molecule has 1 atom stereocenters. The Hall–Kier alpha value is -1.86. The molecule has 0 spiro atoms. The van der Waals surface area contributed by atoms with Gasteiger partial charge in [-0.3, -0.25) is 9.59 Å². The monoisotopic (exact) mass is 421 g/mol. The Bertz CT molecular complexity index is 823. The highest BCUT2D eigenvalue weighted by atomic mass is 35.5. The smallest absolute Gasteiger partial charge is 0.427 e. The van der Waals surface area contributed by atoms with E-state index in [0.717, 1.165) is 5.56 Å². The summed E-state index contributed by atoms with van der Waals surface area (Å²) in [6.07, 6.45) is 0.190. The average molecular weight is 422 g/mol. The molecule has 0 heterocycles. The van der Waals surface area contributed by atoms with Crippen molar-refractivity contribution >= 4 is 42.0 Å². The molecule has 0 fully saturated rings. The second-order valence-electron chi connectivity index (χ2n) is 7.22. The van der Waals surface area contributed by atoms with Crippen LogP contribution in [0.5, 0.6) is 0 Å². The number of nitrogens with one attached hydrogen (secondary N) is 1. The maximum Gasteiger partial charge on any atom is 0.455 e. The topological polar surface area (TPSA) is 86.6 Å². The second kappa shape index (κ2) is 9.57. The van der Waals surface area contributed by atoms with Gasteiger partial charge in [-0.15, -0.1) is 0 Å². The highest BCUT2D eigenvalue weighted by Gasteiger charge is 2.34. The van der Waals surface area contributed by atoms with Gasteiger partial charge in [-0.1, -0.05) is 35.3 Å². The Morgan fingerprint density at radius 1 is 1.00 bits per heavy atom. The van der Waals surface area contributed by atoms with Gasteiger partial charge in [0.25, 0.3) is 5.91 Å². The second-order valence-corrected chi connectivity index (χ2v) is 8.09. The van der Waals surface area contributed by atoms with Crippen LogP contribution in [0.15, 0.2) is 48.5 Å². The molecule has 0 saturated heterocycles. The van der Waals surface area contributed by atoms with Gasteiger partial charge in [0.05, 0.1) is 5.54 Å². The maximum absolute atomic E-state index is 12.8. The molecule has 0 unspecified atom stereocenters. The van der Waals surface area contributed by atoms with Crippen LogP contribution in [0.1, 0.15) is 36.2 Å². The Morgan fingerprint density at radius 2 is 1.50 bits per heavy atom. The van der Waals surface area contributed by atoms with Crippen molar-refractivity contribution in [3.05, 3.63) is 69.7 Å².